The van der Waals surface area contributed by atoms with Crippen LogP contribution >= 0.6 is 0 Å². The topological polar surface area (TPSA) is 92.9 Å². The van der Waals surface area contributed by atoms with Crippen LogP contribution < -0.4 is 5.73 Å². The first kappa shape index (κ1) is 11.0. The van der Waals surface area contributed by atoms with Crippen molar-refractivity contribution in [1.82, 2.24) is 4.90 Å². The summed E-state index contributed by atoms with van der Waals surface area (Å²) in [5.41, 5.74) is 7.92. The Labute approximate surface area is 103 Å². The fourth-order valence-corrected chi connectivity index (χ4v) is 2.56. The Bertz CT molecular complexity index is 532. The molecule has 6 nitrogen and oxygen atoms in total. The third-order valence-electron chi connectivity index (χ3n) is 3.44. The maximum atomic E-state index is 12.1. The Morgan fingerprint density at radius 2 is 2.33 bits per heavy atom. The summed E-state index contributed by atoms with van der Waals surface area (Å²) < 4.78 is 5.25. The molecule has 0 bridgehead atoms. The molecule has 0 aliphatic carbocycles. The minimum Gasteiger partial charge on any atom is -0.497 e. The van der Waals surface area contributed by atoms with Gasteiger partial charge in [-0.3, -0.25) is 9.69 Å². The molecule has 3 N–H and O–H groups in total. The summed E-state index contributed by atoms with van der Waals surface area (Å²) in [7, 11) is 0. The highest BCUT2D eigenvalue weighted by Crippen LogP contribution is 2.37. The molecule has 1 amide bonds. The molecule has 0 saturated carbocycles. The SMILES string of the molecule is N[C@@H]1C(=O)N2C3=C1COC=CC3=CC[C@H]2C(=O)O. The average Bonchev–Trinajstić information content (AvgIpc) is 2.54. The van der Waals surface area contributed by atoms with Crippen LogP contribution in [0.1, 0.15) is 6.42 Å². The predicted octanol–water partition coefficient (Wildman–Crippen LogP) is -0.263. The number of amides is 1. The van der Waals surface area contributed by atoms with E-state index in [0.29, 0.717) is 11.3 Å². The molecule has 2 atom stereocenters. The molecule has 94 valence electrons. The number of carboxylic acids is 1. The van der Waals surface area contributed by atoms with E-state index >= 15 is 0 Å². The molecule has 3 rings (SSSR count). The maximum Gasteiger partial charge on any atom is 0.327 e. The third-order valence-corrected chi connectivity index (χ3v) is 3.44. The summed E-state index contributed by atoms with van der Waals surface area (Å²) >= 11 is 0. The van der Waals surface area contributed by atoms with Crippen LogP contribution in [0.25, 0.3) is 0 Å². The van der Waals surface area contributed by atoms with Crippen molar-refractivity contribution in [3.63, 3.8) is 0 Å². The zero-order valence-corrected chi connectivity index (χ0v) is 9.50. The van der Waals surface area contributed by atoms with E-state index in [9.17, 15) is 14.7 Å². The number of nitrogens with zero attached hydrogens (tertiary/aromatic N) is 1. The van der Waals surface area contributed by atoms with Crippen LogP contribution in [0.3, 0.4) is 0 Å². The summed E-state index contributed by atoms with van der Waals surface area (Å²) in [6.45, 7) is 0.221. The van der Waals surface area contributed by atoms with E-state index in [1.165, 1.54) is 4.90 Å². The van der Waals surface area contributed by atoms with Crippen molar-refractivity contribution in [3.05, 3.63) is 35.3 Å². The number of carbonyl (C=O) groups excluding carboxylic acids is 1. The highest BCUT2D eigenvalue weighted by molar-refractivity contribution is 5.96. The number of rotatable bonds is 1. The molecule has 0 radical (unpaired) electrons. The van der Waals surface area contributed by atoms with Crippen LogP contribution in [-0.2, 0) is 14.3 Å². The lowest BCUT2D eigenvalue weighted by molar-refractivity contribution is -0.147. The highest BCUT2D eigenvalue weighted by Gasteiger charge is 2.46. The van der Waals surface area contributed by atoms with Gasteiger partial charge in [0.25, 0.3) is 0 Å². The number of nitrogens with two attached hydrogens (primary N) is 1. The number of hydrogen-bond donors (Lipinski definition) is 2. The van der Waals surface area contributed by atoms with Gasteiger partial charge in [0.15, 0.2) is 0 Å². The molecule has 0 spiro atoms. The van der Waals surface area contributed by atoms with Crippen molar-refractivity contribution < 1.29 is 19.4 Å². The Morgan fingerprint density at radius 3 is 3.06 bits per heavy atom. The summed E-state index contributed by atoms with van der Waals surface area (Å²) in [6.07, 6.45) is 5.37. The van der Waals surface area contributed by atoms with E-state index in [4.69, 9.17) is 10.5 Å². The van der Waals surface area contributed by atoms with Gasteiger partial charge in [-0.25, -0.2) is 4.79 Å². The zero-order valence-electron chi connectivity index (χ0n) is 9.50. The van der Waals surface area contributed by atoms with Gasteiger partial charge >= 0.3 is 5.97 Å². The second-order valence-corrected chi connectivity index (χ2v) is 4.42. The molecule has 0 saturated heterocycles. The summed E-state index contributed by atoms with van der Waals surface area (Å²) in [6, 6.07) is -1.67. The molecular formula is C12H12N2O4. The fraction of sp³-hybridized carbons (Fsp3) is 0.333. The van der Waals surface area contributed by atoms with Gasteiger partial charge in [-0.2, -0.15) is 0 Å². The fourth-order valence-electron chi connectivity index (χ4n) is 2.56. The van der Waals surface area contributed by atoms with Crippen LogP contribution in [0.4, 0.5) is 0 Å². The number of carboxylic acid groups (broad SMARTS) is 1. The van der Waals surface area contributed by atoms with Gasteiger partial charge < -0.3 is 15.6 Å². The number of aliphatic carboxylic acids is 1. The molecule has 0 aromatic carbocycles. The lowest BCUT2D eigenvalue weighted by Crippen LogP contribution is -2.47. The van der Waals surface area contributed by atoms with Crippen LogP contribution in [0.15, 0.2) is 35.3 Å². The van der Waals surface area contributed by atoms with E-state index in [-0.39, 0.29) is 18.9 Å². The van der Waals surface area contributed by atoms with E-state index < -0.39 is 18.1 Å². The molecule has 3 aliphatic heterocycles. The van der Waals surface area contributed by atoms with Crippen molar-refractivity contribution in [1.29, 1.82) is 0 Å². The van der Waals surface area contributed by atoms with E-state index in [0.717, 1.165) is 5.57 Å². The largest absolute Gasteiger partial charge is 0.497 e. The molecule has 0 unspecified atom stereocenters. The molecule has 3 aliphatic rings. The Balaban J connectivity index is 2.16. The maximum absolute atomic E-state index is 12.1. The first-order chi connectivity index (χ1) is 8.61. The van der Waals surface area contributed by atoms with Crippen LogP contribution in [0.5, 0.6) is 0 Å². The third kappa shape index (κ3) is 1.32. The van der Waals surface area contributed by atoms with Gasteiger partial charge in [0.2, 0.25) is 5.91 Å². The molecular weight excluding hydrogens is 236 g/mol. The van der Waals surface area contributed by atoms with E-state index in [1.54, 1.807) is 18.4 Å². The number of ether oxygens (including phenoxy) is 1. The van der Waals surface area contributed by atoms with Crippen molar-refractivity contribution >= 4 is 11.9 Å². The Hall–Kier alpha value is -2.08. The Morgan fingerprint density at radius 1 is 1.56 bits per heavy atom. The van der Waals surface area contributed by atoms with Gasteiger partial charge in [-0.05, 0) is 18.1 Å². The molecule has 3 heterocycles. The second-order valence-electron chi connectivity index (χ2n) is 4.42. The quantitative estimate of drug-likeness (QED) is 0.666. The second kappa shape index (κ2) is 3.71. The minimum atomic E-state index is -1.02. The molecule has 6 heteroatoms. The highest BCUT2D eigenvalue weighted by atomic mass is 16.5. The van der Waals surface area contributed by atoms with Gasteiger partial charge in [0.1, 0.15) is 18.7 Å². The summed E-state index contributed by atoms with van der Waals surface area (Å²) in [5.74, 6) is -1.38. The number of hydrogen-bond acceptors (Lipinski definition) is 4. The zero-order chi connectivity index (χ0) is 12.9. The van der Waals surface area contributed by atoms with Crippen molar-refractivity contribution in [2.75, 3.05) is 6.61 Å². The van der Waals surface area contributed by atoms with Gasteiger partial charge in [-0.1, -0.05) is 6.08 Å². The number of allylic oxidation sites excluding steroid dienone is 1. The lowest BCUT2D eigenvalue weighted by atomic mass is 9.98. The molecule has 0 aromatic rings. The molecule has 0 fully saturated rings. The minimum absolute atomic E-state index is 0.221. The van der Waals surface area contributed by atoms with Crippen molar-refractivity contribution in [3.8, 4) is 0 Å². The first-order valence-electron chi connectivity index (χ1n) is 5.64. The normalized spacial score (nSPS) is 29.7. The lowest BCUT2D eigenvalue weighted by Gasteiger charge is -2.31. The standard InChI is InChI=1S/C12H12N2O4/c13-9-7-5-18-4-3-6-1-2-8(12(16)17)14(10(6)7)11(9)15/h1,3-4,8-9H,2,5,13H2,(H,16,17)/t8-,9-/m0/s1. The molecule has 0 aromatic heterocycles. The van der Waals surface area contributed by atoms with Gasteiger partial charge in [-0.15, -0.1) is 0 Å². The smallest absolute Gasteiger partial charge is 0.327 e. The summed E-state index contributed by atoms with van der Waals surface area (Å²) in [5, 5.41) is 9.19. The monoisotopic (exact) mass is 248 g/mol. The van der Waals surface area contributed by atoms with E-state index in [2.05, 4.69) is 0 Å². The van der Waals surface area contributed by atoms with Crippen molar-refractivity contribution in [2.24, 2.45) is 5.73 Å². The van der Waals surface area contributed by atoms with Crippen LogP contribution in [-0.4, -0.2) is 40.6 Å². The predicted molar refractivity (Wildman–Crippen MR) is 61.1 cm³/mol. The van der Waals surface area contributed by atoms with Gasteiger partial charge in [0.05, 0.1) is 12.0 Å². The Kier molecular flexibility index (Phi) is 2.27. The number of carbonyl (C=O) groups is 2. The van der Waals surface area contributed by atoms with E-state index in [1.807, 2.05) is 0 Å². The van der Waals surface area contributed by atoms with Crippen LogP contribution in [0, 0.1) is 0 Å². The summed E-state index contributed by atoms with van der Waals surface area (Å²) in [4.78, 5) is 24.6. The molecule has 18 heavy (non-hydrogen) atoms. The first-order valence-corrected chi connectivity index (χ1v) is 5.64. The van der Waals surface area contributed by atoms with Crippen molar-refractivity contribution in [2.45, 2.75) is 18.5 Å². The van der Waals surface area contributed by atoms with Gasteiger partial charge in [0, 0.05) is 5.57 Å². The van der Waals surface area contributed by atoms with Crippen LogP contribution in [0.2, 0.25) is 0 Å². The average molecular weight is 248 g/mol.